The van der Waals surface area contributed by atoms with E-state index < -0.39 is 0 Å². The van der Waals surface area contributed by atoms with Crippen molar-refractivity contribution in [1.82, 2.24) is 4.90 Å². The first kappa shape index (κ1) is 18.9. The Balaban J connectivity index is 1.62. The van der Waals surface area contributed by atoms with Crippen LogP contribution in [-0.2, 0) is 9.59 Å². The molecule has 1 heterocycles. The first-order chi connectivity index (χ1) is 13.0. The molecule has 0 radical (unpaired) electrons. The number of rotatable bonds is 4. The second-order valence-electron chi connectivity index (χ2n) is 6.74. The Morgan fingerprint density at radius 1 is 1.00 bits per heavy atom. The summed E-state index contributed by atoms with van der Waals surface area (Å²) in [7, 11) is 0. The largest absolute Gasteiger partial charge is 0.368 e. The molecule has 2 amide bonds. The van der Waals surface area contributed by atoms with E-state index in [2.05, 4.69) is 4.90 Å². The molecule has 0 atom stereocenters. The highest BCUT2D eigenvalue weighted by atomic mass is 19.1. The summed E-state index contributed by atoms with van der Waals surface area (Å²) >= 11 is 0. The maximum absolute atomic E-state index is 13.1. The summed E-state index contributed by atoms with van der Waals surface area (Å²) in [6.45, 7) is 5.97. The molecule has 27 heavy (non-hydrogen) atoms. The fraction of sp³-hybridized carbons (Fsp3) is 0.333. The fourth-order valence-electron chi connectivity index (χ4n) is 3.33. The van der Waals surface area contributed by atoms with Gasteiger partial charge in [-0.05, 0) is 42.8 Å². The number of aryl methyl sites for hydroxylation is 1. The van der Waals surface area contributed by atoms with Crippen LogP contribution >= 0.6 is 0 Å². The van der Waals surface area contributed by atoms with Crippen LogP contribution in [0.3, 0.4) is 0 Å². The molecule has 6 heteroatoms. The zero-order valence-corrected chi connectivity index (χ0v) is 15.7. The number of para-hydroxylation sites is 1. The lowest BCUT2D eigenvalue weighted by atomic mass is 10.1. The van der Waals surface area contributed by atoms with Gasteiger partial charge in [-0.1, -0.05) is 18.2 Å². The number of amides is 2. The Labute approximate surface area is 159 Å². The standard InChI is InChI=1S/C21H24FN3O2/c1-16-5-3-4-6-20(16)25(17(2)26)15-21(27)24-13-11-23(12-14-24)19-9-7-18(22)8-10-19/h3-10H,11-15H2,1-2H3. The number of carbonyl (C=O) groups is 2. The van der Waals surface area contributed by atoms with E-state index in [1.165, 1.54) is 24.0 Å². The van der Waals surface area contributed by atoms with Crippen molar-refractivity contribution in [3.05, 3.63) is 59.9 Å². The zero-order valence-electron chi connectivity index (χ0n) is 15.7. The van der Waals surface area contributed by atoms with Crippen molar-refractivity contribution in [1.29, 1.82) is 0 Å². The average Bonchev–Trinajstić information content (AvgIpc) is 2.67. The van der Waals surface area contributed by atoms with Gasteiger partial charge < -0.3 is 14.7 Å². The van der Waals surface area contributed by atoms with Crippen LogP contribution in [0, 0.1) is 12.7 Å². The third kappa shape index (κ3) is 4.45. The highest BCUT2D eigenvalue weighted by Crippen LogP contribution is 2.21. The van der Waals surface area contributed by atoms with Crippen LogP contribution in [0.15, 0.2) is 48.5 Å². The number of hydrogen-bond acceptors (Lipinski definition) is 3. The van der Waals surface area contributed by atoms with Gasteiger partial charge in [0.2, 0.25) is 11.8 Å². The molecule has 0 aliphatic carbocycles. The van der Waals surface area contributed by atoms with Gasteiger partial charge in [-0.25, -0.2) is 4.39 Å². The van der Waals surface area contributed by atoms with Crippen LogP contribution in [0.2, 0.25) is 0 Å². The van der Waals surface area contributed by atoms with E-state index in [1.807, 2.05) is 31.2 Å². The molecule has 0 spiro atoms. The second kappa shape index (κ2) is 8.20. The second-order valence-corrected chi connectivity index (χ2v) is 6.74. The Hall–Kier alpha value is -2.89. The minimum atomic E-state index is -0.256. The Morgan fingerprint density at radius 3 is 2.22 bits per heavy atom. The summed E-state index contributed by atoms with van der Waals surface area (Å²) in [4.78, 5) is 30.3. The van der Waals surface area contributed by atoms with Crippen molar-refractivity contribution in [2.45, 2.75) is 13.8 Å². The molecule has 3 rings (SSSR count). The lowest BCUT2D eigenvalue weighted by molar-refractivity contribution is -0.131. The summed E-state index contributed by atoms with van der Waals surface area (Å²) in [6, 6.07) is 14.0. The summed E-state index contributed by atoms with van der Waals surface area (Å²) in [5, 5.41) is 0. The first-order valence-corrected chi connectivity index (χ1v) is 9.08. The van der Waals surface area contributed by atoms with Gasteiger partial charge in [0, 0.05) is 44.5 Å². The maximum atomic E-state index is 13.1. The van der Waals surface area contributed by atoms with Gasteiger partial charge in [0.1, 0.15) is 12.4 Å². The highest BCUT2D eigenvalue weighted by Gasteiger charge is 2.25. The van der Waals surface area contributed by atoms with Crippen LogP contribution in [-0.4, -0.2) is 49.4 Å². The summed E-state index contributed by atoms with van der Waals surface area (Å²) in [5.41, 5.74) is 2.68. The average molecular weight is 369 g/mol. The summed E-state index contributed by atoms with van der Waals surface area (Å²) in [6.07, 6.45) is 0. The third-order valence-electron chi connectivity index (χ3n) is 4.90. The zero-order chi connectivity index (χ0) is 19.4. The van der Waals surface area contributed by atoms with Gasteiger partial charge in [0.15, 0.2) is 0 Å². The summed E-state index contributed by atoms with van der Waals surface area (Å²) < 4.78 is 13.1. The third-order valence-corrected chi connectivity index (χ3v) is 4.90. The number of carbonyl (C=O) groups excluding carboxylic acids is 2. The topological polar surface area (TPSA) is 43.9 Å². The molecule has 2 aromatic carbocycles. The molecule has 1 aliphatic heterocycles. The predicted molar refractivity (Wildman–Crippen MR) is 104 cm³/mol. The maximum Gasteiger partial charge on any atom is 0.242 e. The lowest BCUT2D eigenvalue weighted by Gasteiger charge is -2.37. The minimum absolute atomic E-state index is 0.0384. The fourth-order valence-corrected chi connectivity index (χ4v) is 3.33. The van der Waals surface area contributed by atoms with Crippen LogP contribution < -0.4 is 9.80 Å². The smallest absolute Gasteiger partial charge is 0.242 e. The number of nitrogens with zero attached hydrogens (tertiary/aromatic N) is 3. The molecule has 1 aliphatic rings. The van der Waals surface area contributed by atoms with Crippen LogP contribution in [0.25, 0.3) is 0 Å². The molecule has 0 N–H and O–H groups in total. The number of hydrogen-bond donors (Lipinski definition) is 0. The first-order valence-electron chi connectivity index (χ1n) is 9.08. The van der Waals surface area contributed by atoms with Gasteiger partial charge in [0.25, 0.3) is 0 Å². The van der Waals surface area contributed by atoms with Crippen molar-refractivity contribution >= 4 is 23.2 Å². The molecule has 142 valence electrons. The SMILES string of the molecule is CC(=O)N(CC(=O)N1CCN(c2ccc(F)cc2)CC1)c1ccccc1C. The van der Waals surface area contributed by atoms with E-state index >= 15 is 0 Å². The lowest BCUT2D eigenvalue weighted by Crippen LogP contribution is -2.52. The molecule has 0 aromatic heterocycles. The van der Waals surface area contributed by atoms with Crippen molar-refractivity contribution in [2.24, 2.45) is 0 Å². The van der Waals surface area contributed by atoms with E-state index in [1.54, 1.807) is 17.0 Å². The molecule has 1 saturated heterocycles. The van der Waals surface area contributed by atoms with E-state index in [9.17, 15) is 14.0 Å². The van der Waals surface area contributed by atoms with Gasteiger partial charge in [-0.15, -0.1) is 0 Å². The quantitative estimate of drug-likeness (QED) is 0.832. The molecule has 0 unspecified atom stereocenters. The Kier molecular flexibility index (Phi) is 5.74. The van der Waals surface area contributed by atoms with Crippen LogP contribution in [0.4, 0.5) is 15.8 Å². The number of anilines is 2. The number of benzene rings is 2. The van der Waals surface area contributed by atoms with E-state index in [0.29, 0.717) is 26.2 Å². The molecule has 5 nitrogen and oxygen atoms in total. The summed E-state index contributed by atoms with van der Waals surface area (Å²) in [5.74, 6) is -0.470. The predicted octanol–water partition coefficient (Wildman–Crippen LogP) is 2.84. The van der Waals surface area contributed by atoms with E-state index in [0.717, 1.165) is 16.9 Å². The number of halogens is 1. The van der Waals surface area contributed by atoms with Crippen molar-refractivity contribution < 1.29 is 14.0 Å². The van der Waals surface area contributed by atoms with Crippen molar-refractivity contribution in [2.75, 3.05) is 42.5 Å². The molecular formula is C21H24FN3O2. The van der Waals surface area contributed by atoms with Crippen LogP contribution in [0.5, 0.6) is 0 Å². The van der Waals surface area contributed by atoms with E-state index in [4.69, 9.17) is 0 Å². The Bertz CT molecular complexity index is 814. The molecule has 2 aromatic rings. The highest BCUT2D eigenvalue weighted by molar-refractivity contribution is 5.98. The molecule has 0 bridgehead atoms. The molecular weight excluding hydrogens is 345 g/mol. The minimum Gasteiger partial charge on any atom is -0.368 e. The van der Waals surface area contributed by atoms with Gasteiger partial charge in [-0.3, -0.25) is 9.59 Å². The van der Waals surface area contributed by atoms with Crippen LogP contribution in [0.1, 0.15) is 12.5 Å². The van der Waals surface area contributed by atoms with Gasteiger partial charge >= 0.3 is 0 Å². The molecule has 0 saturated carbocycles. The van der Waals surface area contributed by atoms with Crippen molar-refractivity contribution in [3.63, 3.8) is 0 Å². The van der Waals surface area contributed by atoms with E-state index in [-0.39, 0.29) is 24.2 Å². The monoisotopic (exact) mass is 369 g/mol. The van der Waals surface area contributed by atoms with Gasteiger partial charge in [0.05, 0.1) is 0 Å². The molecule has 1 fully saturated rings. The number of piperazine rings is 1. The van der Waals surface area contributed by atoms with Gasteiger partial charge in [-0.2, -0.15) is 0 Å². The van der Waals surface area contributed by atoms with Crippen molar-refractivity contribution in [3.8, 4) is 0 Å². The normalized spacial score (nSPS) is 14.2. The Morgan fingerprint density at radius 2 is 1.63 bits per heavy atom.